The molecule has 20 heavy (non-hydrogen) atoms. The van der Waals surface area contributed by atoms with E-state index in [4.69, 9.17) is 5.73 Å². The number of nitrogens with two attached hydrogens (primary N) is 1. The first kappa shape index (κ1) is 12.8. The maximum absolute atomic E-state index is 5.69. The van der Waals surface area contributed by atoms with Gasteiger partial charge in [-0.05, 0) is 54.8 Å². The van der Waals surface area contributed by atoms with Crippen molar-refractivity contribution in [2.45, 2.75) is 19.4 Å². The summed E-state index contributed by atoms with van der Waals surface area (Å²) in [5, 5.41) is 1.22. The molecule has 0 bridgehead atoms. The molecule has 0 fully saturated rings. The summed E-state index contributed by atoms with van der Waals surface area (Å²) in [7, 11) is 0. The largest absolute Gasteiger partial charge is 0.332 e. The molecule has 0 aromatic carbocycles. The summed E-state index contributed by atoms with van der Waals surface area (Å²) in [6.07, 6.45) is 9.57. The van der Waals surface area contributed by atoms with Crippen LogP contribution in [0.25, 0.3) is 11.0 Å². The second kappa shape index (κ2) is 5.84. The van der Waals surface area contributed by atoms with Crippen LogP contribution < -0.4 is 5.73 Å². The van der Waals surface area contributed by atoms with E-state index in [1.54, 1.807) is 0 Å². The van der Waals surface area contributed by atoms with Gasteiger partial charge in [0.05, 0.1) is 0 Å². The van der Waals surface area contributed by atoms with Crippen molar-refractivity contribution in [3.05, 3.63) is 60.2 Å². The summed E-state index contributed by atoms with van der Waals surface area (Å²) in [6, 6.07) is 8.21. The van der Waals surface area contributed by atoms with Crippen LogP contribution in [0.2, 0.25) is 0 Å². The van der Waals surface area contributed by atoms with Gasteiger partial charge in [-0.3, -0.25) is 4.98 Å². The van der Waals surface area contributed by atoms with Crippen LogP contribution in [-0.2, 0) is 19.4 Å². The fourth-order valence-electron chi connectivity index (χ4n) is 2.52. The van der Waals surface area contributed by atoms with E-state index in [0.29, 0.717) is 6.54 Å². The Morgan fingerprint density at radius 1 is 1.05 bits per heavy atom. The second-order valence-electron chi connectivity index (χ2n) is 4.87. The monoisotopic (exact) mass is 266 g/mol. The lowest BCUT2D eigenvalue weighted by Crippen LogP contribution is -2.03. The van der Waals surface area contributed by atoms with Crippen LogP contribution in [0.4, 0.5) is 0 Å². The molecule has 0 saturated heterocycles. The molecule has 3 aromatic rings. The van der Waals surface area contributed by atoms with E-state index in [9.17, 15) is 0 Å². The van der Waals surface area contributed by atoms with Crippen LogP contribution in [0.5, 0.6) is 0 Å². The first-order valence-corrected chi connectivity index (χ1v) is 6.90. The normalized spacial score (nSPS) is 11.1. The van der Waals surface area contributed by atoms with Crippen molar-refractivity contribution in [3.63, 3.8) is 0 Å². The molecule has 2 N–H and O–H groups in total. The zero-order chi connectivity index (χ0) is 13.8. The number of nitrogens with zero attached hydrogens (tertiary/aromatic N) is 3. The van der Waals surface area contributed by atoms with Crippen LogP contribution in [-0.4, -0.2) is 21.1 Å². The number of aromatic nitrogens is 3. The van der Waals surface area contributed by atoms with E-state index in [2.05, 4.69) is 38.9 Å². The Hall–Kier alpha value is -2.20. The highest BCUT2D eigenvalue weighted by Crippen LogP contribution is 2.20. The predicted molar refractivity (Wildman–Crippen MR) is 80.4 cm³/mol. The average Bonchev–Trinajstić information content (AvgIpc) is 2.85. The quantitative estimate of drug-likeness (QED) is 0.770. The maximum atomic E-state index is 5.69. The first-order valence-electron chi connectivity index (χ1n) is 6.90. The number of hydrogen-bond donors (Lipinski definition) is 1. The fourth-order valence-corrected chi connectivity index (χ4v) is 2.52. The van der Waals surface area contributed by atoms with Gasteiger partial charge in [-0.25, -0.2) is 4.98 Å². The lowest BCUT2D eigenvalue weighted by molar-refractivity contribution is 0.712. The molecule has 0 saturated carbocycles. The van der Waals surface area contributed by atoms with Gasteiger partial charge in [-0.2, -0.15) is 0 Å². The molecule has 0 radical (unpaired) electrons. The van der Waals surface area contributed by atoms with Gasteiger partial charge in [0.15, 0.2) is 0 Å². The summed E-state index contributed by atoms with van der Waals surface area (Å²) < 4.78 is 2.22. The van der Waals surface area contributed by atoms with Crippen molar-refractivity contribution in [1.29, 1.82) is 0 Å². The molecule has 0 unspecified atom stereocenters. The molecule has 0 aliphatic rings. The molecular weight excluding hydrogens is 248 g/mol. The Morgan fingerprint density at radius 2 is 1.90 bits per heavy atom. The average molecular weight is 266 g/mol. The van der Waals surface area contributed by atoms with Gasteiger partial charge in [0.2, 0.25) is 0 Å². The molecule has 4 heteroatoms. The van der Waals surface area contributed by atoms with Crippen molar-refractivity contribution >= 4 is 11.0 Å². The van der Waals surface area contributed by atoms with Crippen molar-refractivity contribution in [1.82, 2.24) is 14.5 Å². The molecule has 0 aliphatic carbocycles. The van der Waals surface area contributed by atoms with E-state index in [1.807, 2.05) is 24.7 Å². The summed E-state index contributed by atoms with van der Waals surface area (Å²) in [5.41, 5.74) is 9.31. The van der Waals surface area contributed by atoms with Gasteiger partial charge in [-0.15, -0.1) is 0 Å². The molecule has 3 aromatic heterocycles. The SMILES string of the molecule is NCCc1cn(CCc2ccncc2)c2ncccc12. The molecule has 102 valence electrons. The Labute approximate surface area is 118 Å². The minimum absolute atomic E-state index is 0.665. The van der Waals surface area contributed by atoms with E-state index in [1.165, 1.54) is 16.5 Å². The van der Waals surface area contributed by atoms with Gasteiger partial charge in [0.1, 0.15) is 5.65 Å². The highest BCUT2D eigenvalue weighted by Gasteiger charge is 2.08. The molecule has 0 amide bonds. The summed E-state index contributed by atoms with van der Waals surface area (Å²) in [5.74, 6) is 0. The van der Waals surface area contributed by atoms with Crippen LogP contribution in [0, 0.1) is 0 Å². The Balaban J connectivity index is 1.87. The van der Waals surface area contributed by atoms with Gasteiger partial charge in [-0.1, -0.05) is 0 Å². The number of rotatable bonds is 5. The maximum Gasteiger partial charge on any atom is 0.140 e. The molecule has 4 nitrogen and oxygen atoms in total. The first-order chi connectivity index (χ1) is 9.88. The van der Waals surface area contributed by atoms with Crippen LogP contribution >= 0.6 is 0 Å². The number of fused-ring (bicyclic) bond motifs is 1. The molecule has 0 spiro atoms. The van der Waals surface area contributed by atoms with Crippen molar-refractivity contribution < 1.29 is 0 Å². The zero-order valence-electron chi connectivity index (χ0n) is 11.4. The van der Waals surface area contributed by atoms with Crippen LogP contribution in [0.3, 0.4) is 0 Å². The smallest absolute Gasteiger partial charge is 0.140 e. The summed E-state index contributed by atoms with van der Waals surface area (Å²) in [4.78, 5) is 8.55. The second-order valence-corrected chi connectivity index (χ2v) is 4.87. The minimum Gasteiger partial charge on any atom is -0.332 e. The van der Waals surface area contributed by atoms with E-state index in [0.717, 1.165) is 25.0 Å². The zero-order valence-corrected chi connectivity index (χ0v) is 11.4. The minimum atomic E-state index is 0.665. The molecule has 3 rings (SSSR count). The molecule has 0 atom stereocenters. The van der Waals surface area contributed by atoms with E-state index in [-0.39, 0.29) is 0 Å². The van der Waals surface area contributed by atoms with Crippen molar-refractivity contribution in [3.8, 4) is 0 Å². The Bertz CT molecular complexity index is 688. The van der Waals surface area contributed by atoms with Crippen LogP contribution in [0.15, 0.2) is 49.1 Å². The third-order valence-electron chi connectivity index (χ3n) is 3.52. The van der Waals surface area contributed by atoms with Gasteiger partial charge >= 0.3 is 0 Å². The number of hydrogen-bond acceptors (Lipinski definition) is 3. The number of aryl methyl sites for hydroxylation is 2. The van der Waals surface area contributed by atoms with Gasteiger partial charge in [0, 0.05) is 36.7 Å². The molecule has 3 heterocycles. The highest BCUT2D eigenvalue weighted by atomic mass is 15.0. The number of pyridine rings is 2. The molecular formula is C16H18N4. The third kappa shape index (κ3) is 2.56. The van der Waals surface area contributed by atoms with Gasteiger partial charge in [0.25, 0.3) is 0 Å². The van der Waals surface area contributed by atoms with Crippen molar-refractivity contribution in [2.24, 2.45) is 5.73 Å². The fraction of sp³-hybridized carbons (Fsp3) is 0.250. The lowest BCUT2D eigenvalue weighted by atomic mass is 10.2. The lowest BCUT2D eigenvalue weighted by Gasteiger charge is -2.04. The van der Waals surface area contributed by atoms with Crippen LogP contribution in [0.1, 0.15) is 11.1 Å². The summed E-state index contributed by atoms with van der Waals surface area (Å²) in [6.45, 7) is 1.58. The third-order valence-corrected chi connectivity index (χ3v) is 3.52. The highest BCUT2D eigenvalue weighted by molar-refractivity contribution is 5.80. The Morgan fingerprint density at radius 3 is 2.70 bits per heavy atom. The standard InChI is InChI=1S/C16H18N4/c17-7-3-14-12-20(16-15(14)2-1-8-19-16)11-6-13-4-9-18-10-5-13/h1-2,4-5,8-10,12H,3,6-7,11,17H2. The predicted octanol–water partition coefficient (Wildman–Crippen LogP) is 2.18. The summed E-state index contributed by atoms with van der Waals surface area (Å²) >= 11 is 0. The van der Waals surface area contributed by atoms with E-state index >= 15 is 0 Å². The van der Waals surface area contributed by atoms with E-state index < -0.39 is 0 Å². The van der Waals surface area contributed by atoms with Crippen molar-refractivity contribution in [2.75, 3.05) is 6.54 Å². The molecule has 0 aliphatic heterocycles. The van der Waals surface area contributed by atoms with Gasteiger partial charge < -0.3 is 10.3 Å². The topological polar surface area (TPSA) is 56.7 Å². The Kier molecular flexibility index (Phi) is 3.74.